The fourth-order valence-corrected chi connectivity index (χ4v) is 4.70. The summed E-state index contributed by atoms with van der Waals surface area (Å²) >= 11 is 0. The molecule has 0 heterocycles. The normalized spacial score (nSPS) is 11.4. The van der Waals surface area contributed by atoms with Crippen LogP contribution in [0.2, 0.25) is 0 Å². The number of amides is 2. The predicted octanol–water partition coefficient (Wildman–Crippen LogP) is 2.56. The van der Waals surface area contributed by atoms with Gasteiger partial charge in [-0.15, -0.1) is 0 Å². The number of carbonyl (C=O) groups is 2. The van der Waals surface area contributed by atoms with Crippen LogP contribution >= 0.6 is 0 Å². The first kappa shape index (κ1) is 23.0. The van der Waals surface area contributed by atoms with E-state index in [9.17, 15) is 26.4 Å². The van der Waals surface area contributed by atoms with Gasteiger partial charge in [-0.05, 0) is 60.7 Å². The maximum Gasteiger partial charge on any atom is 0.264 e. The van der Waals surface area contributed by atoms with Gasteiger partial charge in [0.25, 0.3) is 26.0 Å². The summed E-state index contributed by atoms with van der Waals surface area (Å²) in [6.45, 7) is 1.34. The minimum atomic E-state index is -4.15. The summed E-state index contributed by atoms with van der Waals surface area (Å²) in [7, 11) is -8.09. The van der Waals surface area contributed by atoms with E-state index in [0.29, 0.717) is 5.69 Å². The van der Waals surface area contributed by atoms with Gasteiger partial charge in [-0.25, -0.2) is 21.6 Å². The largest absolute Gasteiger partial charge is 0.326 e. The molecule has 9 nitrogen and oxygen atoms in total. The molecule has 0 fully saturated rings. The van der Waals surface area contributed by atoms with Crippen molar-refractivity contribution >= 4 is 43.2 Å². The summed E-state index contributed by atoms with van der Waals surface area (Å²) in [4.78, 5) is 22.9. The van der Waals surface area contributed by atoms with Gasteiger partial charge < -0.3 is 5.32 Å². The van der Waals surface area contributed by atoms with Gasteiger partial charge in [0.2, 0.25) is 5.91 Å². The summed E-state index contributed by atoms with van der Waals surface area (Å²) in [5, 5.41) is 2.54. The molecule has 0 atom stereocenters. The average Bonchev–Trinajstić information content (AvgIpc) is 2.74. The zero-order chi connectivity index (χ0) is 23.4. The average molecular weight is 474 g/mol. The lowest BCUT2D eigenvalue weighted by molar-refractivity contribution is -0.114. The van der Waals surface area contributed by atoms with E-state index in [-0.39, 0.29) is 26.9 Å². The zero-order valence-electron chi connectivity index (χ0n) is 16.8. The number of carbonyl (C=O) groups excluding carboxylic acids is 2. The van der Waals surface area contributed by atoms with Crippen LogP contribution in [0.1, 0.15) is 17.3 Å². The number of hydrogen-bond acceptors (Lipinski definition) is 6. The van der Waals surface area contributed by atoms with Crippen LogP contribution in [-0.4, -0.2) is 28.6 Å². The molecule has 0 aromatic heterocycles. The molecule has 11 heteroatoms. The number of benzene rings is 3. The number of hydrogen-bond donors (Lipinski definition) is 3. The van der Waals surface area contributed by atoms with Crippen LogP contribution in [0.15, 0.2) is 88.7 Å². The van der Waals surface area contributed by atoms with Gasteiger partial charge in [0, 0.05) is 23.9 Å². The monoisotopic (exact) mass is 473 g/mol. The molecular formula is C21H19N3O6S2. The summed E-state index contributed by atoms with van der Waals surface area (Å²) in [6, 6.07) is 18.3. The zero-order valence-corrected chi connectivity index (χ0v) is 18.4. The van der Waals surface area contributed by atoms with Gasteiger partial charge in [-0.2, -0.15) is 0 Å². The second-order valence-corrected chi connectivity index (χ2v) is 10.0. The van der Waals surface area contributed by atoms with Gasteiger partial charge in [0.15, 0.2) is 0 Å². The van der Waals surface area contributed by atoms with Crippen molar-refractivity contribution in [2.24, 2.45) is 0 Å². The quantitative estimate of drug-likeness (QED) is 0.482. The SMILES string of the molecule is CC(=O)Nc1ccc(S(=O)(=O)Nc2ccc(S(=O)(=O)NC(=O)c3ccccc3)cc2)cc1. The molecule has 0 saturated heterocycles. The van der Waals surface area contributed by atoms with Crippen molar-refractivity contribution in [1.82, 2.24) is 4.72 Å². The Morgan fingerprint density at radius 1 is 0.656 bits per heavy atom. The molecular weight excluding hydrogens is 454 g/mol. The van der Waals surface area contributed by atoms with Gasteiger partial charge >= 0.3 is 0 Å². The molecule has 166 valence electrons. The lowest BCUT2D eigenvalue weighted by atomic mass is 10.2. The van der Waals surface area contributed by atoms with Gasteiger partial charge in [-0.3, -0.25) is 14.3 Å². The molecule has 0 spiro atoms. The van der Waals surface area contributed by atoms with Crippen LogP contribution in [0, 0.1) is 0 Å². The van der Waals surface area contributed by atoms with E-state index in [4.69, 9.17) is 0 Å². The fraction of sp³-hybridized carbons (Fsp3) is 0.0476. The van der Waals surface area contributed by atoms with Crippen LogP contribution in [0.25, 0.3) is 0 Å². The summed E-state index contributed by atoms with van der Waals surface area (Å²) in [5.74, 6) is -1.06. The number of nitrogens with one attached hydrogen (secondary N) is 3. The van der Waals surface area contributed by atoms with Crippen LogP contribution in [0.5, 0.6) is 0 Å². The third-order valence-corrected chi connectivity index (χ3v) is 6.91. The third kappa shape index (κ3) is 5.71. The first-order valence-corrected chi connectivity index (χ1v) is 12.2. The molecule has 0 radical (unpaired) electrons. The highest BCUT2D eigenvalue weighted by Crippen LogP contribution is 2.20. The molecule has 2 amide bonds. The van der Waals surface area contributed by atoms with Gasteiger partial charge in [-0.1, -0.05) is 18.2 Å². The van der Waals surface area contributed by atoms with E-state index in [1.165, 1.54) is 67.6 Å². The molecule has 0 saturated carbocycles. The summed E-state index contributed by atoms with van der Waals surface area (Å²) < 4.78 is 54.3. The topological polar surface area (TPSA) is 139 Å². The Hall–Kier alpha value is -3.70. The summed E-state index contributed by atoms with van der Waals surface area (Å²) in [5.41, 5.74) is 0.762. The Morgan fingerprint density at radius 2 is 1.16 bits per heavy atom. The molecule has 32 heavy (non-hydrogen) atoms. The maximum atomic E-state index is 12.5. The predicted molar refractivity (Wildman–Crippen MR) is 119 cm³/mol. The van der Waals surface area contributed by atoms with Crippen LogP contribution in [0.3, 0.4) is 0 Å². The minimum Gasteiger partial charge on any atom is -0.326 e. The number of sulfonamides is 2. The van der Waals surface area contributed by atoms with Crippen LogP contribution in [-0.2, 0) is 24.8 Å². The van der Waals surface area contributed by atoms with E-state index in [2.05, 4.69) is 10.0 Å². The summed E-state index contributed by atoms with van der Waals surface area (Å²) in [6.07, 6.45) is 0. The fourth-order valence-electron chi connectivity index (χ4n) is 2.67. The van der Waals surface area contributed by atoms with Crippen molar-refractivity contribution < 1.29 is 26.4 Å². The molecule has 3 aromatic carbocycles. The molecule has 0 aliphatic rings. The first-order chi connectivity index (χ1) is 15.1. The van der Waals surface area contributed by atoms with Crippen molar-refractivity contribution in [3.63, 3.8) is 0 Å². The standard InChI is InChI=1S/C21H19N3O6S2/c1-15(25)22-17-7-11-19(12-8-17)31(27,28)23-18-9-13-20(14-10-18)32(29,30)24-21(26)16-5-3-2-4-6-16/h2-14,23H,1H3,(H,22,25)(H,24,26). The van der Waals surface area contributed by atoms with Crippen molar-refractivity contribution in [2.75, 3.05) is 10.0 Å². The second-order valence-electron chi connectivity index (χ2n) is 6.64. The Balaban J connectivity index is 1.72. The molecule has 0 unspecified atom stereocenters. The van der Waals surface area contributed by atoms with Crippen LogP contribution < -0.4 is 14.8 Å². The van der Waals surface area contributed by atoms with Crippen molar-refractivity contribution in [3.8, 4) is 0 Å². The molecule has 3 N–H and O–H groups in total. The van der Waals surface area contributed by atoms with Gasteiger partial charge in [0.1, 0.15) is 0 Å². The van der Waals surface area contributed by atoms with E-state index >= 15 is 0 Å². The van der Waals surface area contributed by atoms with E-state index < -0.39 is 26.0 Å². The van der Waals surface area contributed by atoms with Crippen molar-refractivity contribution in [1.29, 1.82) is 0 Å². The molecule has 0 bridgehead atoms. The highest BCUT2D eigenvalue weighted by atomic mass is 32.2. The molecule has 0 aliphatic heterocycles. The highest BCUT2D eigenvalue weighted by molar-refractivity contribution is 7.92. The Kier molecular flexibility index (Phi) is 6.61. The van der Waals surface area contributed by atoms with E-state index in [1.807, 2.05) is 4.72 Å². The molecule has 3 aromatic rings. The van der Waals surface area contributed by atoms with Gasteiger partial charge in [0.05, 0.1) is 9.79 Å². The third-order valence-electron chi connectivity index (χ3n) is 4.16. The lowest BCUT2D eigenvalue weighted by Crippen LogP contribution is -2.30. The highest BCUT2D eigenvalue weighted by Gasteiger charge is 2.19. The molecule has 3 rings (SSSR count). The molecule has 0 aliphatic carbocycles. The Morgan fingerprint density at radius 3 is 1.69 bits per heavy atom. The second kappa shape index (κ2) is 9.20. The van der Waals surface area contributed by atoms with E-state index in [0.717, 1.165) is 0 Å². The van der Waals surface area contributed by atoms with Crippen molar-refractivity contribution in [3.05, 3.63) is 84.4 Å². The Labute approximate surface area is 185 Å². The van der Waals surface area contributed by atoms with E-state index in [1.54, 1.807) is 18.2 Å². The number of anilines is 2. The minimum absolute atomic E-state index is 0.0431. The van der Waals surface area contributed by atoms with Crippen LogP contribution in [0.4, 0.5) is 11.4 Å². The number of rotatable bonds is 7. The maximum absolute atomic E-state index is 12.5. The smallest absolute Gasteiger partial charge is 0.264 e. The van der Waals surface area contributed by atoms with Crippen molar-refractivity contribution in [2.45, 2.75) is 16.7 Å². The first-order valence-electron chi connectivity index (χ1n) is 9.19. The Bertz CT molecular complexity index is 1340. The lowest BCUT2D eigenvalue weighted by Gasteiger charge is -2.11.